The summed E-state index contributed by atoms with van der Waals surface area (Å²) in [5.41, 5.74) is 4.22. The molecule has 0 aliphatic carbocycles. The number of amides is 1. The van der Waals surface area contributed by atoms with Crippen LogP contribution < -0.4 is 5.32 Å². The number of allylic oxidation sites excluding steroid dienone is 1. The lowest BCUT2D eigenvalue weighted by atomic mass is 9.95. The summed E-state index contributed by atoms with van der Waals surface area (Å²) in [6, 6.07) is 5.53. The van der Waals surface area contributed by atoms with Crippen LogP contribution in [0.15, 0.2) is 51.9 Å². The Labute approximate surface area is 198 Å². The van der Waals surface area contributed by atoms with E-state index in [0.29, 0.717) is 13.0 Å². The van der Waals surface area contributed by atoms with Crippen molar-refractivity contribution in [1.29, 1.82) is 0 Å². The number of nitrogens with zero attached hydrogens (tertiary/aromatic N) is 5. The number of carbonyl (C=O) groups excluding carboxylic acids is 1. The molecule has 180 valence electrons. The van der Waals surface area contributed by atoms with E-state index >= 15 is 0 Å². The summed E-state index contributed by atoms with van der Waals surface area (Å²) >= 11 is 0. The minimum absolute atomic E-state index is 0.220. The third-order valence-corrected chi connectivity index (χ3v) is 6.24. The Morgan fingerprint density at radius 2 is 2.12 bits per heavy atom. The van der Waals surface area contributed by atoms with Crippen molar-refractivity contribution >= 4 is 11.4 Å². The zero-order valence-corrected chi connectivity index (χ0v) is 20.5. The normalized spacial score (nSPS) is 17.6. The Balaban J connectivity index is 1.77. The van der Waals surface area contributed by atoms with Gasteiger partial charge in [-0.3, -0.25) is 4.79 Å². The van der Waals surface area contributed by atoms with Crippen LogP contribution >= 0.6 is 0 Å². The number of pyridine rings is 1. The van der Waals surface area contributed by atoms with Crippen molar-refractivity contribution < 1.29 is 13.6 Å². The maximum Gasteiger partial charge on any atom is 0.312 e. The van der Waals surface area contributed by atoms with Gasteiger partial charge < -0.3 is 14.6 Å². The van der Waals surface area contributed by atoms with Gasteiger partial charge >= 0.3 is 11.8 Å². The molecule has 0 saturated heterocycles. The average Bonchev–Trinajstić information content (AvgIpc) is 3.45. The molecule has 1 atom stereocenters. The largest absolute Gasteiger partial charge is 0.413 e. The van der Waals surface area contributed by atoms with Crippen LogP contribution in [0.4, 0.5) is 4.39 Å². The molecule has 4 rings (SSSR count). The third-order valence-electron chi connectivity index (χ3n) is 6.24. The van der Waals surface area contributed by atoms with Crippen LogP contribution in [0.5, 0.6) is 0 Å². The fourth-order valence-electron chi connectivity index (χ4n) is 4.04. The fourth-order valence-corrected chi connectivity index (χ4v) is 4.04. The van der Waals surface area contributed by atoms with Gasteiger partial charge in [-0.15, -0.1) is 10.2 Å². The molecule has 3 aromatic rings. The van der Waals surface area contributed by atoms with Crippen molar-refractivity contribution in [3.8, 4) is 0 Å². The molecule has 4 heterocycles. The molecule has 0 fully saturated rings. The highest BCUT2D eigenvalue weighted by molar-refractivity contribution is 5.90. The first-order chi connectivity index (χ1) is 16.1. The molecule has 0 spiro atoms. The molecule has 9 heteroatoms. The number of carbonyl (C=O) groups is 1. The maximum atomic E-state index is 14.3. The van der Waals surface area contributed by atoms with Gasteiger partial charge in [0.2, 0.25) is 0 Å². The summed E-state index contributed by atoms with van der Waals surface area (Å²) < 4.78 is 21.5. The van der Waals surface area contributed by atoms with Gasteiger partial charge in [0.15, 0.2) is 5.67 Å². The molecule has 1 aliphatic rings. The van der Waals surface area contributed by atoms with Crippen molar-refractivity contribution in [2.45, 2.75) is 66.1 Å². The Kier molecular flexibility index (Phi) is 6.29. The van der Waals surface area contributed by atoms with E-state index in [-0.39, 0.29) is 11.8 Å². The molecule has 3 aromatic heterocycles. The average molecular weight is 467 g/mol. The number of fused-ring (bicyclic) bond motifs is 1. The Hall–Kier alpha value is -3.49. The smallest absolute Gasteiger partial charge is 0.312 e. The number of nitrogens with one attached hydrogen (secondary N) is 1. The number of hydrogen-bond acceptors (Lipinski definition) is 6. The van der Waals surface area contributed by atoms with Gasteiger partial charge in [-0.1, -0.05) is 18.6 Å². The Morgan fingerprint density at radius 3 is 2.76 bits per heavy atom. The molecule has 1 N–H and O–H groups in total. The second-order valence-electron chi connectivity index (χ2n) is 9.28. The highest BCUT2D eigenvalue weighted by Crippen LogP contribution is 2.36. The van der Waals surface area contributed by atoms with Gasteiger partial charge in [0.1, 0.15) is 0 Å². The van der Waals surface area contributed by atoms with E-state index in [4.69, 9.17) is 9.52 Å². The first kappa shape index (κ1) is 23.7. The summed E-state index contributed by atoms with van der Waals surface area (Å²) in [5.74, 6) is -0.889. The summed E-state index contributed by atoms with van der Waals surface area (Å²) in [6.07, 6.45) is 5.47. The van der Waals surface area contributed by atoms with Crippen LogP contribution in [-0.2, 0) is 5.67 Å². The van der Waals surface area contributed by atoms with Crippen molar-refractivity contribution in [2.24, 2.45) is 0 Å². The highest BCUT2D eigenvalue weighted by Gasteiger charge is 2.37. The quantitative estimate of drug-likeness (QED) is 0.550. The first-order valence-corrected chi connectivity index (χ1v) is 11.5. The number of halogens is 1. The van der Waals surface area contributed by atoms with Crippen LogP contribution in [0.3, 0.4) is 0 Å². The van der Waals surface area contributed by atoms with E-state index in [1.807, 2.05) is 49.0 Å². The molecule has 0 saturated carbocycles. The van der Waals surface area contributed by atoms with Crippen LogP contribution in [0.1, 0.15) is 81.3 Å². The fraction of sp³-hybridized carbons (Fsp3) is 0.440. The minimum atomic E-state index is -1.83. The monoisotopic (exact) mass is 466 g/mol. The van der Waals surface area contributed by atoms with Gasteiger partial charge in [-0.25, -0.2) is 8.91 Å². The van der Waals surface area contributed by atoms with E-state index in [9.17, 15) is 9.18 Å². The van der Waals surface area contributed by atoms with Crippen LogP contribution in [-0.4, -0.2) is 37.2 Å². The topological polar surface area (TPSA) is 88.6 Å². The summed E-state index contributed by atoms with van der Waals surface area (Å²) in [6.45, 7) is 11.3. The van der Waals surface area contributed by atoms with Gasteiger partial charge in [0.05, 0.1) is 17.3 Å². The number of alkyl halides is 1. The standard InChI is InChI=1S/C25H31FN6O2/c1-7-15(2)14-27-18-10-12-31(23(33)22-28-29-24(34-22)25(5,6)26)21(17(18)4)19-13-20-16(3)9-8-11-32(20)30-19/h8-9,11,13-14,21,27H,7,10,12H2,1-6H3. The predicted molar refractivity (Wildman–Crippen MR) is 127 cm³/mol. The van der Waals surface area contributed by atoms with E-state index in [1.54, 1.807) is 4.90 Å². The third kappa shape index (κ3) is 4.47. The van der Waals surface area contributed by atoms with Gasteiger partial charge in [-0.2, -0.15) is 5.10 Å². The summed E-state index contributed by atoms with van der Waals surface area (Å²) in [7, 11) is 0. The Bertz CT molecular complexity index is 1280. The lowest BCUT2D eigenvalue weighted by Crippen LogP contribution is -2.41. The molecule has 0 radical (unpaired) electrons. The lowest BCUT2D eigenvalue weighted by molar-refractivity contribution is 0.0635. The molecule has 1 unspecified atom stereocenters. The van der Waals surface area contributed by atoms with Crippen molar-refractivity contribution in [1.82, 2.24) is 30.0 Å². The highest BCUT2D eigenvalue weighted by atomic mass is 19.1. The SMILES string of the molecule is CCC(C)=CNC1=C(C)C(c2cc3c(C)cccn3n2)N(C(=O)c2nnc(C(C)(C)F)o2)CC1. The number of rotatable bonds is 6. The van der Waals surface area contributed by atoms with Gasteiger partial charge in [-0.05, 0) is 70.5 Å². The zero-order valence-electron chi connectivity index (χ0n) is 20.5. The molecule has 0 aromatic carbocycles. The molecule has 1 aliphatic heterocycles. The lowest BCUT2D eigenvalue weighted by Gasteiger charge is -2.36. The van der Waals surface area contributed by atoms with E-state index in [2.05, 4.69) is 29.4 Å². The van der Waals surface area contributed by atoms with Crippen LogP contribution in [0, 0.1) is 6.92 Å². The van der Waals surface area contributed by atoms with E-state index in [1.165, 1.54) is 19.4 Å². The molecule has 8 nitrogen and oxygen atoms in total. The van der Waals surface area contributed by atoms with E-state index in [0.717, 1.165) is 34.5 Å². The minimum Gasteiger partial charge on any atom is -0.413 e. The van der Waals surface area contributed by atoms with Crippen LogP contribution in [0.25, 0.3) is 5.52 Å². The van der Waals surface area contributed by atoms with Gasteiger partial charge in [0, 0.05) is 24.9 Å². The van der Waals surface area contributed by atoms with E-state index < -0.39 is 17.6 Å². The predicted octanol–water partition coefficient (Wildman–Crippen LogP) is 4.99. The van der Waals surface area contributed by atoms with Crippen LogP contribution in [0.2, 0.25) is 0 Å². The molecule has 34 heavy (non-hydrogen) atoms. The molecular formula is C25H31FN6O2. The molecule has 0 bridgehead atoms. The number of hydrogen-bond donors (Lipinski definition) is 1. The van der Waals surface area contributed by atoms with Crippen molar-refractivity contribution in [3.05, 3.63) is 70.5 Å². The molecular weight excluding hydrogens is 435 g/mol. The van der Waals surface area contributed by atoms with Gasteiger partial charge in [0.25, 0.3) is 5.89 Å². The second-order valence-corrected chi connectivity index (χ2v) is 9.28. The number of aryl methyl sites for hydroxylation is 1. The summed E-state index contributed by atoms with van der Waals surface area (Å²) in [4.78, 5) is 15.2. The molecule has 1 amide bonds. The second kappa shape index (κ2) is 9.04. The number of aromatic nitrogens is 4. The zero-order chi connectivity index (χ0) is 24.6. The van der Waals surface area contributed by atoms with Crippen molar-refractivity contribution in [3.63, 3.8) is 0 Å². The maximum absolute atomic E-state index is 14.3. The summed E-state index contributed by atoms with van der Waals surface area (Å²) in [5, 5.41) is 15.8. The van der Waals surface area contributed by atoms with Crippen molar-refractivity contribution in [2.75, 3.05) is 6.54 Å². The first-order valence-electron chi connectivity index (χ1n) is 11.5. The Morgan fingerprint density at radius 1 is 1.35 bits per heavy atom.